The third-order valence-corrected chi connectivity index (χ3v) is 4.74. The van der Waals surface area contributed by atoms with Crippen molar-refractivity contribution in [2.75, 3.05) is 13.7 Å². The molecule has 0 aromatic rings. The SMILES string of the molecule is COC1CCCCC12COC1(CCCCC1)OO2. The standard InChI is InChI=1S/C14H24O4/c1-15-12-7-3-6-8-13(12)11-16-14(18-17-13)9-4-2-5-10-14/h12H,2-11H2,1H3. The van der Waals surface area contributed by atoms with E-state index < -0.39 is 5.79 Å². The van der Waals surface area contributed by atoms with E-state index in [0.29, 0.717) is 6.61 Å². The van der Waals surface area contributed by atoms with E-state index >= 15 is 0 Å². The highest BCUT2D eigenvalue weighted by Crippen LogP contribution is 2.43. The summed E-state index contributed by atoms with van der Waals surface area (Å²) >= 11 is 0. The van der Waals surface area contributed by atoms with Crippen LogP contribution in [-0.2, 0) is 19.2 Å². The molecule has 3 aliphatic rings. The fraction of sp³-hybridized carbons (Fsp3) is 1.00. The molecule has 2 unspecified atom stereocenters. The van der Waals surface area contributed by atoms with Gasteiger partial charge in [0.05, 0.1) is 12.7 Å². The third-order valence-electron chi connectivity index (χ3n) is 4.74. The summed E-state index contributed by atoms with van der Waals surface area (Å²) in [6.07, 6.45) is 10.0. The molecule has 2 atom stereocenters. The number of rotatable bonds is 1. The van der Waals surface area contributed by atoms with Gasteiger partial charge in [0.2, 0.25) is 5.79 Å². The van der Waals surface area contributed by atoms with Crippen molar-refractivity contribution in [1.82, 2.24) is 0 Å². The minimum Gasteiger partial charge on any atom is -0.378 e. The Morgan fingerprint density at radius 1 is 0.944 bits per heavy atom. The van der Waals surface area contributed by atoms with Crippen molar-refractivity contribution >= 4 is 0 Å². The zero-order valence-electron chi connectivity index (χ0n) is 11.3. The van der Waals surface area contributed by atoms with Crippen molar-refractivity contribution in [3.05, 3.63) is 0 Å². The maximum absolute atomic E-state index is 6.10. The van der Waals surface area contributed by atoms with Gasteiger partial charge in [0.1, 0.15) is 0 Å². The van der Waals surface area contributed by atoms with Crippen molar-refractivity contribution < 1.29 is 19.2 Å². The molecular formula is C14H24O4. The highest BCUT2D eigenvalue weighted by molar-refractivity contribution is 4.94. The molecular weight excluding hydrogens is 232 g/mol. The molecule has 2 spiro atoms. The van der Waals surface area contributed by atoms with Crippen molar-refractivity contribution in [3.8, 4) is 0 Å². The van der Waals surface area contributed by atoms with Crippen LogP contribution >= 0.6 is 0 Å². The minimum atomic E-state index is -0.459. The average molecular weight is 256 g/mol. The fourth-order valence-electron chi connectivity index (χ4n) is 3.55. The van der Waals surface area contributed by atoms with Crippen molar-refractivity contribution in [2.45, 2.75) is 75.3 Å². The fourth-order valence-corrected chi connectivity index (χ4v) is 3.55. The van der Waals surface area contributed by atoms with Crippen molar-refractivity contribution in [2.24, 2.45) is 0 Å². The molecule has 0 aromatic heterocycles. The molecule has 0 amide bonds. The lowest BCUT2D eigenvalue weighted by atomic mass is 9.82. The van der Waals surface area contributed by atoms with Crippen LogP contribution in [-0.4, -0.2) is 31.2 Å². The van der Waals surface area contributed by atoms with E-state index in [1.54, 1.807) is 7.11 Å². The molecule has 4 heteroatoms. The molecule has 3 fully saturated rings. The van der Waals surface area contributed by atoms with Crippen LogP contribution in [0.4, 0.5) is 0 Å². The maximum Gasteiger partial charge on any atom is 0.201 e. The third kappa shape index (κ3) is 2.20. The summed E-state index contributed by atoms with van der Waals surface area (Å²) in [5.74, 6) is -0.459. The summed E-state index contributed by atoms with van der Waals surface area (Å²) in [6, 6.07) is 0. The molecule has 2 saturated carbocycles. The number of hydrogen-bond acceptors (Lipinski definition) is 4. The first-order chi connectivity index (χ1) is 8.79. The highest BCUT2D eigenvalue weighted by atomic mass is 17.2. The van der Waals surface area contributed by atoms with Gasteiger partial charge in [-0.05, 0) is 25.7 Å². The van der Waals surface area contributed by atoms with E-state index in [-0.39, 0.29) is 11.7 Å². The Labute approximate surface area is 109 Å². The lowest BCUT2D eigenvalue weighted by Gasteiger charge is -2.50. The number of methoxy groups -OCH3 is 1. The molecule has 1 saturated heterocycles. The van der Waals surface area contributed by atoms with E-state index in [4.69, 9.17) is 19.2 Å². The predicted octanol–water partition coefficient (Wildman–Crippen LogP) is 2.95. The molecule has 0 radical (unpaired) electrons. The van der Waals surface area contributed by atoms with Crippen LogP contribution in [0.15, 0.2) is 0 Å². The molecule has 2 aliphatic carbocycles. The monoisotopic (exact) mass is 256 g/mol. The van der Waals surface area contributed by atoms with Crippen LogP contribution < -0.4 is 0 Å². The topological polar surface area (TPSA) is 36.9 Å². The van der Waals surface area contributed by atoms with Crippen LogP contribution in [0.5, 0.6) is 0 Å². The van der Waals surface area contributed by atoms with Gasteiger partial charge in [0.15, 0.2) is 5.60 Å². The molecule has 104 valence electrons. The summed E-state index contributed by atoms with van der Waals surface area (Å²) < 4.78 is 11.7. The first-order valence-corrected chi connectivity index (χ1v) is 7.32. The van der Waals surface area contributed by atoms with Gasteiger partial charge < -0.3 is 9.47 Å². The van der Waals surface area contributed by atoms with Crippen LogP contribution in [0.25, 0.3) is 0 Å². The smallest absolute Gasteiger partial charge is 0.201 e. The summed E-state index contributed by atoms with van der Waals surface area (Å²) in [5.41, 5.74) is -0.365. The largest absolute Gasteiger partial charge is 0.378 e. The van der Waals surface area contributed by atoms with Gasteiger partial charge in [-0.25, -0.2) is 9.78 Å². The maximum atomic E-state index is 6.10. The van der Waals surface area contributed by atoms with E-state index in [2.05, 4.69) is 0 Å². The van der Waals surface area contributed by atoms with Gasteiger partial charge in [-0.15, -0.1) is 0 Å². The van der Waals surface area contributed by atoms with Gasteiger partial charge >= 0.3 is 0 Å². The van der Waals surface area contributed by atoms with Crippen molar-refractivity contribution in [3.63, 3.8) is 0 Å². The molecule has 18 heavy (non-hydrogen) atoms. The molecule has 1 heterocycles. The molecule has 4 nitrogen and oxygen atoms in total. The van der Waals surface area contributed by atoms with E-state index in [1.165, 1.54) is 32.1 Å². The Morgan fingerprint density at radius 3 is 2.39 bits per heavy atom. The van der Waals surface area contributed by atoms with Gasteiger partial charge in [0.25, 0.3) is 0 Å². The quantitative estimate of drug-likeness (QED) is 0.676. The molecule has 1 aliphatic heterocycles. The number of hydrogen-bond donors (Lipinski definition) is 0. The summed E-state index contributed by atoms with van der Waals surface area (Å²) in [4.78, 5) is 11.6. The summed E-state index contributed by atoms with van der Waals surface area (Å²) in [7, 11) is 1.76. The van der Waals surface area contributed by atoms with E-state index in [1.807, 2.05) is 0 Å². The highest BCUT2D eigenvalue weighted by Gasteiger charge is 2.52. The van der Waals surface area contributed by atoms with E-state index in [9.17, 15) is 0 Å². The Balaban J connectivity index is 1.67. The van der Waals surface area contributed by atoms with Gasteiger partial charge in [-0.3, -0.25) is 0 Å². The molecule has 0 aromatic carbocycles. The zero-order valence-corrected chi connectivity index (χ0v) is 11.3. The second-order valence-electron chi connectivity index (χ2n) is 5.96. The second-order valence-corrected chi connectivity index (χ2v) is 5.96. The lowest BCUT2D eigenvalue weighted by molar-refractivity contribution is -0.528. The molecule has 3 rings (SSSR count). The minimum absolute atomic E-state index is 0.104. The van der Waals surface area contributed by atoms with E-state index in [0.717, 1.165) is 25.7 Å². The predicted molar refractivity (Wildman–Crippen MR) is 65.9 cm³/mol. The Hall–Kier alpha value is -0.160. The lowest BCUT2D eigenvalue weighted by Crippen LogP contribution is -2.59. The van der Waals surface area contributed by atoms with Crippen LogP contribution in [0.3, 0.4) is 0 Å². The Morgan fingerprint density at radius 2 is 1.72 bits per heavy atom. The molecule has 0 bridgehead atoms. The van der Waals surface area contributed by atoms with Crippen molar-refractivity contribution in [1.29, 1.82) is 0 Å². The van der Waals surface area contributed by atoms with Gasteiger partial charge in [-0.2, -0.15) is 0 Å². The zero-order chi connectivity index (χ0) is 12.5. The first-order valence-electron chi connectivity index (χ1n) is 7.32. The Bertz CT molecular complexity index is 276. The second kappa shape index (κ2) is 5.08. The first kappa shape index (κ1) is 12.9. The Kier molecular flexibility index (Phi) is 3.63. The molecule has 0 N–H and O–H groups in total. The van der Waals surface area contributed by atoms with Crippen LogP contribution in [0.1, 0.15) is 57.8 Å². The normalized spacial score (nSPS) is 40.2. The van der Waals surface area contributed by atoms with Gasteiger partial charge in [-0.1, -0.05) is 19.3 Å². The van der Waals surface area contributed by atoms with Gasteiger partial charge in [0, 0.05) is 20.0 Å². The summed E-state index contributed by atoms with van der Waals surface area (Å²) in [5, 5.41) is 0. The van der Waals surface area contributed by atoms with Crippen LogP contribution in [0.2, 0.25) is 0 Å². The average Bonchev–Trinajstić information content (AvgIpc) is 2.44. The summed E-state index contributed by atoms with van der Waals surface area (Å²) in [6.45, 7) is 0.617. The van der Waals surface area contributed by atoms with Crippen LogP contribution in [0, 0.1) is 0 Å². The number of ether oxygens (including phenoxy) is 2.